The quantitative estimate of drug-likeness (QED) is 0.280. The molecule has 7 nitrogen and oxygen atoms in total. The lowest BCUT2D eigenvalue weighted by Gasteiger charge is -2.19. The summed E-state index contributed by atoms with van der Waals surface area (Å²) in [5.74, 6) is -3.14. The lowest BCUT2D eigenvalue weighted by Crippen LogP contribution is -2.36. The van der Waals surface area contributed by atoms with Crippen molar-refractivity contribution in [3.05, 3.63) is 94.3 Å². The molecular formula is C27H24BrFN4O3. The second-order valence-corrected chi connectivity index (χ2v) is 10.1. The molecule has 0 saturated heterocycles. The number of anilines is 2. The van der Waals surface area contributed by atoms with Crippen molar-refractivity contribution in [2.75, 3.05) is 16.1 Å². The molecule has 3 aromatic carbocycles. The standard InChI is InChI=1S/C27H24BrFN4O3/c1-27(2,3)17-8-11-19(12-9-17)30-25(35)26(36)32-33-22-13-10-18(28)14-16(22)15-23(33)24(34)31-21-7-5-4-6-20(21)29/h4-15H,1-3H3,(H,30,35)(H,31,34)(H,32,36). The lowest BCUT2D eigenvalue weighted by molar-refractivity contribution is -0.133. The van der Waals surface area contributed by atoms with E-state index in [9.17, 15) is 18.8 Å². The first-order chi connectivity index (χ1) is 17.0. The predicted octanol–water partition coefficient (Wildman–Crippen LogP) is 5.80. The van der Waals surface area contributed by atoms with Gasteiger partial charge in [0.15, 0.2) is 0 Å². The largest absolute Gasteiger partial charge is 0.328 e. The summed E-state index contributed by atoms with van der Waals surface area (Å²) >= 11 is 3.38. The third kappa shape index (κ3) is 5.46. The molecule has 36 heavy (non-hydrogen) atoms. The number of carbonyl (C=O) groups is 3. The molecule has 0 fully saturated rings. The van der Waals surface area contributed by atoms with Crippen molar-refractivity contribution >= 4 is 55.9 Å². The summed E-state index contributed by atoms with van der Waals surface area (Å²) < 4.78 is 16.1. The van der Waals surface area contributed by atoms with Gasteiger partial charge in [0.25, 0.3) is 5.91 Å². The summed E-state index contributed by atoms with van der Waals surface area (Å²) in [5.41, 5.74) is 4.46. The molecular weight excluding hydrogens is 527 g/mol. The molecule has 0 bridgehead atoms. The number of aromatic nitrogens is 1. The van der Waals surface area contributed by atoms with Gasteiger partial charge in [0, 0.05) is 15.5 Å². The summed E-state index contributed by atoms with van der Waals surface area (Å²) in [4.78, 5) is 38.5. The molecule has 0 atom stereocenters. The van der Waals surface area contributed by atoms with Crippen LogP contribution in [-0.4, -0.2) is 22.4 Å². The van der Waals surface area contributed by atoms with E-state index >= 15 is 0 Å². The van der Waals surface area contributed by atoms with Gasteiger partial charge in [-0.05, 0) is 59.5 Å². The zero-order valence-electron chi connectivity index (χ0n) is 19.9. The van der Waals surface area contributed by atoms with Crippen LogP contribution >= 0.6 is 15.9 Å². The van der Waals surface area contributed by atoms with Crippen LogP contribution < -0.4 is 16.1 Å². The molecule has 4 aromatic rings. The van der Waals surface area contributed by atoms with Crippen LogP contribution in [0.5, 0.6) is 0 Å². The molecule has 184 valence electrons. The van der Waals surface area contributed by atoms with Gasteiger partial charge in [-0.2, -0.15) is 0 Å². The maximum Gasteiger partial charge on any atom is 0.328 e. The van der Waals surface area contributed by atoms with Crippen molar-refractivity contribution in [1.29, 1.82) is 0 Å². The fourth-order valence-corrected chi connectivity index (χ4v) is 4.00. The number of nitrogens with one attached hydrogen (secondary N) is 3. The molecule has 4 rings (SSSR count). The predicted molar refractivity (Wildman–Crippen MR) is 142 cm³/mol. The van der Waals surface area contributed by atoms with Crippen LogP contribution in [0.15, 0.2) is 77.3 Å². The topological polar surface area (TPSA) is 92.2 Å². The number of benzene rings is 3. The van der Waals surface area contributed by atoms with Gasteiger partial charge in [-0.25, -0.2) is 9.07 Å². The molecule has 0 aliphatic rings. The maximum absolute atomic E-state index is 14.1. The molecule has 0 saturated carbocycles. The van der Waals surface area contributed by atoms with Crippen LogP contribution in [0.3, 0.4) is 0 Å². The summed E-state index contributed by atoms with van der Waals surface area (Å²) in [6.07, 6.45) is 0. The van der Waals surface area contributed by atoms with E-state index in [-0.39, 0.29) is 16.8 Å². The maximum atomic E-state index is 14.1. The highest BCUT2D eigenvalue weighted by Gasteiger charge is 2.22. The van der Waals surface area contributed by atoms with Gasteiger partial charge in [0.2, 0.25) is 0 Å². The Hall–Kier alpha value is -3.98. The van der Waals surface area contributed by atoms with E-state index in [1.54, 1.807) is 42.5 Å². The Morgan fingerprint density at radius 2 is 1.56 bits per heavy atom. The van der Waals surface area contributed by atoms with E-state index in [4.69, 9.17) is 0 Å². The first-order valence-electron chi connectivity index (χ1n) is 11.1. The molecule has 0 aliphatic carbocycles. The van der Waals surface area contributed by atoms with E-state index in [0.717, 1.165) is 10.0 Å². The highest BCUT2D eigenvalue weighted by atomic mass is 79.9. The molecule has 1 aromatic heterocycles. The highest BCUT2D eigenvalue weighted by molar-refractivity contribution is 9.10. The van der Waals surface area contributed by atoms with E-state index in [2.05, 4.69) is 52.8 Å². The van der Waals surface area contributed by atoms with Gasteiger partial charge in [-0.15, -0.1) is 0 Å². The normalized spacial score (nSPS) is 11.2. The van der Waals surface area contributed by atoms with Crippen LogP contribution in [0.25, 0.3) is 10.9 Å². The summed E-state index contributed by atoms with van der Waals surface area (Å²) in [6, 6.07) is 19.7. The number of hydrogen-bond donors (Lipinski definition) is 3. The minimum absolute atomic E-state index is 0.0109. The van der Waals surface area contributed by atoms with Crippen LogP contribution in [0.2, 0.25) is 0 Å². The van der Waals surface area contributed by atoms with Crippen molar-refractivity contribution < 1.29 is 18.8 Å². The highest BCUT2D eigenvalue weighted by Crippen LogP contribution is 2.25. The Morgan fingerprint density at radius 1 is 0.861 bits per heavy atom. The Kier molecular flexibility index (Phi) is 6.94. The van der Waals surface area contributed by atoms with Gasteiger partial charge < -0.3 is 10.6 Å². The SMILES string of the molecule is CC(C)(C)c1ccc(NC(=O)C(=O)Nn2c(C(=O)Nc3ccccc3F)cc3cc(Br)ccc32)cc1. The van der Waals surface area contributed by atoms with Crippen molar-refractivity contribution in [2.45, 2.75) is 26.2 Å². The van der Waals surface area contributed by atoms with Crippen molar-refractivity contribution in [3.8, 4) is 0 Å². The number of para-hydroxylation sites is 1. The summed E-state index contributed by atoms with van der Waals surface area (Å²) in [5, 5.41) is 5.69. The van der Waals surface area contributed by atoms with Gasteiger partial charge in [0.1, 0.15) is 11.5 Å². The van der Waals surface area contributed by atoms with Crippen molar-refractivity contribution in [3.63, 3.8) is 0 Å². The first kappa shape index (κ1) is 25.1. The van der Waals surface area contributed by atoms with E-state index in [0.29, 0.717) is 16.6 Å². The zero-order chi connectivity index (χ0) is 26.0. The number of carbonyl (C=O) groups excluding carboxylic acids is 3. The second kappa shape index (κ2) is 9.94. The molecule has 3 N–H and O–H groups in total. The van der Waals surface area contributed by atoms with Crippen molar-refractivity contribution in [1.82, 2.24) is 4.68 Å². The van der Waals surface area contributed by atoms with Gasteiger partial charge in [0.05, 0.1) is 11.2 Å². The fraction of sp³-hybridized carbons (Fsp3) is 0.148. The zero-order valence-corrected chi connectivity index (χ0v) is 21.4. The van der Waals surface area contributed by atoms with Crippen LogP contribution in [-0.2, 0) is 15.0 Å². The average Bonchev–Trinajstić information content (AvgIpc) is 3.17. The van der Waals surface area contributed by atoms with Crippen LogP contribution in [0, 0.1) is 5.82 Å². The smallest absolute Gasteiger partial charge is 0.318 e. The first-order valence-corrected chi connectivity index (χ1v) is 11.9. The van der Waals surface area contributed by atoms with E-state index in [1.165, 1.54) is 22.9 Å². The Morgan fingerprint density at radius 3 is 2.22 bits per heavy atom. The monoisotopic (exact) mass is 550 g/mol. The second-order valence-electron chi connectivity index (χ2n) is 9.22. The Bertz CT molecular complexity index is 1470. The molecule has 0 aliphatic heterocycles. The third-order valence-corrected chi connectivity index (χ3v) is 6.04. The number of nitrogens with zero attached hydrogens (tertiary/aromatic N) is 1. The minimum atomic E-state index is -0.977. The number of amides is 3. The van der Waals surface area contributed by atoms with Crippen LogP contribution in [0.4, 0.5) is 15.8 Å². The Balaban J connectivity index is 1.59. The van der Waals surface area contributed by atoms with E-state index in [1.807, 2.05) is 12.1 Å². The molecule has 0 radical (unpaired) electrons. The number of halogens is 2. The Labute approximate surface area is 215 Å². The fourth-order valence-electron chi connectivity index (χ4n) is 3.62. The van der Waals surface area contributed by atoms with E-state index < -0.39 is 23.5 Å². The molecule has 1 heterocycles. The number of rotatable bonds is 4. The number of hydrogen-bond acceptors (Lipinski definition) is 3. The number of fused-ring (bicyclic) bond motifs is 1. The summed E-state index contributed by atoms with van der Waals surface area (Å²) in [6.45, 7) is 6.23. The molecule has 0 spiro atoms. The van der Waals surface area contributed by atoms with Gasteiger partial charge in [-0.3, -0.25) is 19.8 Å². The summed E-state index contributed by atoms with van der Waals surface area (Å²) in [7, 11) is 0. The minimum Gasteiger partial charge on any atom is -0.318 e. The third-order valence-electron chi connectivity index (χ3n) is 5.55. The molecule has 3 amide bonds. The van der Waals surface area contributed by atoms with Crippen molar-refractivity contribution in [2.24, 2.45) is 0 Å². The molecule has 9 heteroatoms. The van der Waals surface area contributed by atoms with Gasteiger partial charge in [-0.1, -0.05) is 61.0 Å². The lowest BCUT2D eigenvalue weighted by atomic mass is 9.87. The van der Waals surface area contributed by atoms with Crippen LogP contribution in [0.1, 0.15) is 36.8 Å². The van der Waals surface area contributed by atoms with Gasteiger partial charge >= 0.3 is 11.8 Å². The molecule has 0 unspecified atom stereocenters. The average molecular weight is 551 g/mol.